The Labute approximate surface area is 101 Å². The molecule has 0 bridgehead atoms. The maximum Gasteiger partial charge on any atom is 0.224 e. The minimum atomic E-state index is 0.131. The van der Waals surface area contributed by atoms with Gasteiger partial charge in [-0.1, -0.05) is 53.4 Å². The van der Waals surface area contributed by atoms with Crippen LogP contribution in [0.5, 0.6) is 0 Å². The van der Waals surface area contributed by atoms with Crippen LogP contribution in [0.4, 0.5) is 0 Å². The molecule has 16 heavy (non-hydrogen) atoms. The lowest BCUT2D eigenvalue weighted by Crippen LogP contribution is -2.31. The van der Waals surface area contributed by atoms with Crippen LogP contribution in [0.25, 0.3) is 0 Å². The Morgan fingerprint density at radius 1 is 1.00 bits per heavy atom. The zero-order valence-corrected chi connectivity index (χ0v) is 11.8. The highest BCUT2D eigenvalue weighted by Gasteiger charge is 2.11. The summed E-state index contributed by atoms with van der Waals surface area (Å²) >= 11 is 0. The molecule has 0 saturated heterocycles. The summed E-state index contributed by atoms with van der Waals surface area (Å²) in [6, 6.07) is 0. The second-order valence-corrected chi connectivity index (χ2v) is 5.51. The molecule has 0 unspecified atom stereocenters. The van der Waals surface area contributed by atoms with E-state index in [1.807, 2.05) is 25.8 Å². The van der Waals surface area contributed by atoms with Crippen molar-refractivity contribution in [2.75, 3.05) is 13.6 Å². The van der Waals surface area contributed by atoms with E-state index in [-0.39, 0.29) is 11.8 Å². The largest absolute Gasteiger partial charge is 0.346 e. The Morgan fingerprint density at radius 2 is 1.56 bits per heavy atom. The lowest BCUT2D eigenvalue weighted by atomic mass is 10.0. The maximum absolute atomic E-state index is 11.6. The van der Waals surface area contributed by atoms with E-state index in [0.29, 0.717) is 0 Å². The number of carbonyl (C=O) groups is 1. The summed E-state index contributed by atoms with van der Waals surface area (Å²) in [7, 11) is 1.91. The Bertz CT molecular complexity index is 187. The fourth-order valence-electron chi connectivity index (χ4n) is 1.81. The van der Waals surface area contributed by atoms with E-state index in [0.717, 1.165) is 18.9 Å². The fourth-order valence-corrected chi connectivity index (χ4v) is 1.81. The van der Waals surface area contributed by atoms with E-state index in [9.17, 15) is 4.79 Å². The van der Waals surface area contributed by atoms with Crippen molar-refractivity contribution in [1.29, 1.82) is 0 Å². The molecular weight excluding hydrogens is 198 g/mol. The Kier molecular flexibility index (Phi) is 8.32. The predicted octanol–water partition coefficient (Wildman–Crippen LogP) is 3.71. The Morgan fingerprint density at radius 3 is 2.06 bits per heavy atom. The minimum Gasteiger partial charge on any atom is -0.346 e. The van der Waals surface area contributed by atoms with Gasteiger partial charge >= 0.3 is 0 Å². The summed E-state index contributed by atoms with van der Waals surface area (Å²) in [6.07, 6.45) is 6.37. The molecule has 0 saturated carbocycles. The van der Waals surface area contributed by atoms with Gasteiger partial charge in [-0.25, -0.2) is 0 Å². The van der Waals surface area contributed by atoms with Gasteiger partial charge in [-0.2, -0.15) is 0 Å². The number of hydrogen-bond acceptors (Lipinski definition) is 1. The first-order valence-electron chi connectivity index (χ1n) is 6.70. The topological polar surface area (TPSA) is 20.3 Å². The lowest BCUT2D eigenvalue weighted by molar-refractivity contribution is -0.133. The third kappa shape index (κ3) is 7.72. The molecule has 0 aliphatic rings. The van der Waals surface area contributed by atoms with Gasteiger partial charge in [-0.3, -0.25) is 4.79 Å². The molecule has 0 aromatic rings. The van der Waals surface area contributed by atoms with Crippen molar-refractivity contribution >= 4 is 5.91 Å². The van der Waals surface area contributed by atoms with Crippen molar-refractivity contribution in [3.63, 3.8) is 0 Å². The van der Waals surface area contributed by atoms with Gasteiger partial charge in [0, 0.05) is 19.5 Å². The zero-order valence-electron chi connectivity index (χ0n) is 11.8. The molecule has 0 atom stereocenters. The van der Waals surface area contributed by atoms with Crippen LogP contribution in [0.1, 0.15) is 59.8 Å². The molecule has 0 N–H and O–H groups in total. The number of rotatable bonds is 8. The summed E-state index contributed by atoms with van der Waals surface area (Å²) in [5.41, 5.74) is 0. The van der Waals surface area contributed by atoms with Crippen molar-refractivity contribution in [2.24, 2.45) is 11.8 Å². The van der Waals surface area contributed by atoms with E-state index in [1.165, 1.54) is 25.7 Å². The number of unbranched alkanes of at least 4 members (excludes halogenated alkanes) is 3. The average Bonchev–Trinajstić information content (AvgIpc) is 2.21. The molecule has 0 heterocycles. The van der Waals surface area contributed by atoms with Crippen LogP contribution in [-0.2, 0) is 4.79 Å². The highest BCUT2D eigenvalue weighted by molar-refractivity contribution is 5.77. The Balaban J connectivity index is 3.41. The summed E-state index contributed by atoms with van der Waals surface area (Å²) in [5.74, 6) is 1.22. The first kappa shape index (κ1) is 15.5. The van der Waals surface area contributed by atoms with Crippen molar-refractivity contribution in [2.45, 2.75) is 59.8 Å². The molecule has 1 amide bonds. The van der Waals surface area contributed by atoms with Gasteiger partial charge in [0.15, 0.2) is 0 Å². The molecular formula is C14H29NO. The molecule has 2 heteroatoms. The summed E-state index contributed by atoms with van der Waals surface area (Å²) in [6.45, 7) is 9.38. The van der Waals surface area contributed by atoms with Crippen LogP contribution in [0.2, 0.25) is 0 Å². The number of hydrogen-bond donors (Lipinski definition) is 0. The van der Waals surface area contributed by atoms with Gasteiger partial charge in [0.2, 0.25) is 5.91 Å². The molecule has 0 aromatic carbocycles. The van der Waals surface area contributed by atoms with Crippen LogP contribution >= 0.6 is 0 Å². The molecule has 0 fully saturated rings. The van der Waals surface area contributed by atoms with Gasteiger partial charge in [0.05, 0.1) is 0 Å². The number of amides is 1. The van der Waals surface area contributed by atoms with E-state index in [4.69, 9.17) is 0 Å². The SMILES string of the molecule is CC(C)CCCCCCN(C)C(=O)C(C)C. The van der Waals surface area contributed by atoms with Gasteiger partial charge in [-0.15, -0.1) is 0 Å². The predicted molar refractivity (Wildman–Crippen MR) is 70.4 cm³/mol. The van der Waals surface area contributed by atoms with Gasteiger partial charge in [0.1, 0.15) is 0 Å². The summed E-state index contributed by atoms with van der Waals surface area (Å²) in [5, 5.41) is 0. The smallest absolute Gasteiger partial charge is 0.224 e. The average molecular weight is 227 g/mol. The third-order valence-electron chi connectivity index (χ3n) is 2.90. The quantitative estimate of drug-likeness (QED) is 0.579. The van der Waals surface area contributed by atoms with E-state index in [2.05, 4.69) is 13.8 Å². The van der Waals surface area contributed by atoms with Crippen molar-refractivity contribution in [3.8, 4) is 0 Å². The monoisotopic (exact) mass is 227 g/mol. The van der Waals surface area contributed by atoms with E-state index in [1.54, 1.807) is 0 Å². The van der Waals surface area contributed by atoms with E-state index >= 15 is 0 Å². The number of nitrogens with zero attached hydrogens (tertiary/aromatic N) is 1. The van der Waals surface area contributed by atoms with Crippen molar-refractivity contribution in [3.05, 3.63) is 0 Å². The molecule has 2 nitrogen and oxygen atoms in total. The van der Waals surface area contributed by atoms with Crippen LogP contribution in [0.3, 0.4) is 0 Å². The fraction of sp³-hybridized carbons (Fsp3) is 0.929. The molecule has 0 aliphatic heterocycles. The van der Waals surface area contributed by atoms with Crippen LogP contribution < -0.4 is 0 Å². The Hall–Kier alpha value is -0.530. The molecule has 0 spiro atoms. The van der Waals surface area contributed by atoms with Crippen LogP contribution in [0.15, 0.2) is 0 Å². The van der Waals surface area contributed by atoms with Crippen LogP contribution in [0, 0.1) is 11.8 Å². The lowest BCUT2D eigenvalue weighted by Gasteiger charge is -2.19. The highest BCUT2D eigenvalue weighted by Crippen LogP contribution is 2.10. The maximum atomic E-state index is 11.6. The molecule has 0 aliphatic carbocycles. The standard InChI is InChI=1S/C14H29NO/c1-12(2)10-8-6-7-9-11-15(5)14(16)13(3)4/h12-13H,6-11H2,1-5H3. The second kappa shape index (κ2) is 8.60. The van der Waals surface area contributed by atoms with Crippen molar-refractivity contribution < 1.29 is 4.79 Å². The van der Waals surface area contributed by atoms with Crippen LogP contribution in [-0.4, -0.2) is 24.4 Å². The first-order chi connectivity index (χ1) is 7.45. The van der Waals surface area contributed by atoms with E-state index < -0.39 is 0 Å². The van der Waals surface area contributed by atoms with Crippen molar-refractivity contribution in [1.82, 2.24) is 4.90 Å². The summed E-state index contributed by atoms with van der Waals surface area (Å²) in [4.78, 5) is 13.4. The highest BCUT2D eigenvalue weighted by atomic mass is 16.2. The van der Waals surface area contributed by atoms with Gasteiger partial charge in [-0.05, 0) is 12.3 Å². The molecule has 96 valence electrons. The molecule has 0 radical (unpaired) electrons. The number of carbonyl (C=O) groups excluding carboxylic acids is 1. The van der Waals surface area contributed by atoms with Gasteiger partial charge < -0.3 is 4.90 Å². The minimum absolute atomic E-state index is 0.131. The summed E-state index contributed by atoms with van der Waals surface area (Å²) < 4.78 is 0. The second-order valence-electron chi connectivity index (χ2n) is 5.51. The third-order valence-corrected chi connectivity index (χ3v) is 2.90. The first-order valence-corrected chi connectivity index (χ1v) is 6.70. The normalized spacial score (nSPS) is 11.2. The van der Waals surface area contributed by atoms with Gasteiger partial charge in [0.25, 0.3) is 0 Å². The zero-order chi connectivity index (χ0) is 12.6. The molecule has 0 rings (SSSR count). The molecule has 0 aromatic heterocycles.